The van der Waals surface area contributed by atoms with Gasteiger partial charge in [0, 0.05) is 28.1 Å². The Morgan fingerprint density at radius 1 is 1.11 bits per heavy atom. The Bertz CT molecular complexity index is 560. The molecule has 0 unspecified atom stereocenters. The van der Waals surface area contributed by atoms with Crippen molar-refractivity contribution in [3.63, 3.8) is 0 Å². The van der Waals surface area contributed by atoms with E-state index in [9.17, 15) is 0 Å². The lowest BCUT2D eigenvalue weighted by molar-refractivity contribution is 0.407. The Morgan fingerprint density at radius 3 is 2.58 bits per heavy atom. The lowest BCUT2D eigenvalue weighted by atomic mass is 10.2. The number of hydrogen-bond acceptors (Lipinski definition) is 2. The Hall–Kier alpha value is -1.03. The van der Waals surface area contributed by atoms with Gasteiger partial charge in [-0.3, -0.25) is 0 Å². The summed E-state index contributed by atoms with van der Waals surface area (Å²) in [5.41, 5.74) is 2.21. The van der Waals surface area contributed by atoms with Crippen molar-refractivity contribution in [3.05, 3.63) is 63.1 Å². The Labute approximate surface area is 126 Å². The minimum absolute atomic E-state index is 0.730. The van der Waals surface area contributed by atoms with Gasteiger partial charge < -0.3 is 10.1 Å². The molecule has 1 N–H and O–H groups in total. The summed E-state index contributed by atoms with van der Waals surface area (Å²) >= 11 is 9.59. The molecule has 0 bridgehead atoms. The molecule has 0 saturated carbocycles. The van der Waals surface area contributed by atoms with Crippen LogP contribution in [0, 0.1) is 0 Å². The van der Waals surface area contributed by atoms with E-state index in [1.807, 2.05) is 36.4 Å². The summed E-state index contributed by atoms with van der Waals surface area (Å²) in [6.07, 6.45) is 0. The first-order valence-electron chi connectivity index (χ1n) is 5.97. The molecule has 2 nitrogen and oxygen atoms in total. The molecule has 0 fully saturated rings. The van der Waals surface area contributed by atoms with Gasteiger partial charge in [-0.2, -0.15) is 0 Å². The van der Waals surface area contributed by atoms with Crippen LogP contribution in [0.3, 0.4) is 0 Å². The molecule has 0 aromatic heterocycles. The summed E-state index contributed by atoms with van der Waals surface area (Å²) in [7, 11) is 1.68. The van der Waals surface area contributed by atoms with E-state index in [-0.39, 0.29) is 0 Å². The number of benzene rings is 2. The Balaban J connectivity index is 2.00. The zero-order valence-corrected chi connectivity index (χ0v) is 13.0. The van der Waals surface area contributed by atoms with Crippen molar-refractivity contribution in [2.24, 2.45) is 0 Å². The van der Waals surface area contributed by atoms with Crippen molar-refractivity contribution in [1.82, 2.24) is 5.32 Å². The molecule has 0 atom stereocenters. The minimum atomic E-state index is 0.730. The van der Waals surface area contributed by atoms with E-state index in [4.69, 9.17) is 16.3 Å². The van der Waals surface area contributed by atoms with Crippen molar-refractivity contribution >= 4 is 27.5 Å². The zero-order valence-electron chi connectivity index (χ0n) is 10.6. The van der Waals surface area contributed by atoms with Gasteiger partial charge in [-0.15, -0.1) is 0 Å². The van der Waals surface area contributed by atoms with Gasteiger partial charge in [0.15, 0.2) is 0 Å². The average Bonchev–Trinajstić information content (AvgIpc) is 2.41. The van der Waals surface area contributed by atoms with Crippen molar-refractivity contribution in [2.75, 3.05) is 7.11 Å². The van der Waals surface area contributed by atoms with Gasteiger partial charge in [0.05, 0.1) is 7.11 Å². The molecular weight excluding hydrogens is 326 g/mol. The van der Waals surface area contributed by atoms with Crippen LogP contribution < -0.4 is 10.1 Å². The Morgan fingerprint density at radius 2 is 1.84 bits per heavy atom. The second-order valence-corrected chi connectivity index (χ2v) is 5.47. The number of rotatable bonds is 5. The van der Waals surface area contributed by atoms with Crippen LogP contribution in [0.25, 0.3) is 0 Å². The fraction of sp³-hybridized carbons (Fsp3) is 0.200. The van der Waals surface area contributed by atoms with Crippen LogP contribution in [0.1, 0.15) is 11.1 Å². The van der Waals surface area contributed by atoms with Crippen LogP contribution in [0.15, 0.2) is 46.9 Å². The van der Waals surface area contributed by atoms with Crippen molar-refractivity contribution in [2.45, 2.75) is 13.1 Å². The van der Waals surface area contributed by atoms with E-state index < -0.39 is 0 Å². The highest BCUT2D eigenvalue weighted by molar-refractivity contribution is 9.10. The maximum Gasteiger partial charge on any atom is 0.123 e. The zero-order chi connectivity index (χ0) is 13.7. The minimum Gasteiger partial charge on any atom is -0.496 e. The third-order valence-electron chi connectivity index (χ3n) is 2.83. The molecule has 19 heavy (non-hydrogen) atoms. The molecule has 0 heterocycles. The predicted octanol–water partition coefficient (Wildman–Crippen LogP) is 4.40. The second kappa shape index (κ2) is 6.94. The van der Waals surface area contributed by atoms with Crippen LogP contribution in [0.4, 0.5) is 0 Å². The third-order valence-corrected chi connectivity index (χ3v) is 3.69. The number of methoxy groups -OCH3 is 1. The molecule has 0 aliphatic heterocycles. The molecule has 0 aliphatic carbocycles. The topological polar surface area (TPSA) is 21.3 Å². The van der Waals surface area contributed by atoms with Crippen LogP contribution in [-0.2, 0) is 13.1 Å². The van der Waals surface area contributed by atoms with Gasteiger partial charge in [0.2, 0.25) is 0 Å². The summed E-state index contributed by atoms with van der Waals surface area (Å²) in [4.78, 5) is 0. The number of ether oxygens (including phenoxy) is 1. The van der Waals surface area contributed by atoms with E-state index in [0.29, 0.717) is 0 Å². The molecule has 0 aliphatic rings. The van der Waals surface area contributed by atoms with Crippen LogP contribution in [0.2, 0.25) is 5.02 Å². The van der Waals surface area contributed by atoms with Gasteiger partial charge in [-0.05, 0) is 29.8 Å². The molecule has 2 aromatic rings. The van der Waals surface area contributed by atoms with Gasteiger partial charge in [0.25, 0.3) is 0 Å². The van der Waals surface area contributed by atoms with Crippen molar-refractivity contribution in [1.29, 1.82) is 0 Å². The standard InChI is InChI=1S/C15H15BrClNO/c1-19-15-7-6-13(16)8-12(15)10-18-9-11-4-2-3-5-14(11)17/h2-8,18H,9-10H2,1H3. The summed E-state index contributed by atoms with van der Waals surface area (Å²) in [6.45, 7) is 1.46. The van der Waals surface area contributed by atoms with Gasteiger partial charge in [-0.25, -0.2) is 0 Å². The summed E-state index contributed by atoms with van der Waals surface area (Å²) < 4.78 is 6.38. The lowest BCUT2D eigenvalue weighted by Crippen LogP contribution is -2.13. The fourth-order valence-corrected chi connectivity index (χ4v) is 2.47. The smallest absolute Gasteiger partial charge is 0.123 e. The summed E-state index contributed by atoms with van der Waals surface area (Å²) in [5, 5.41) is 4.16. The maximum atomic E-state index is 6.12. The summed E-state index contributed by atoms with van der Waals surface area (Å²) in [5.74, 6) is 0.884. The van der Waals surface area contributed by atoms with E-state index in [0.717, 1.165) is 39.5 Å². The first kappa shape index (κ1) is 14.4. The molecule has 0 spiro atoms. The van der Waals surface area contributed by atoms with E-state index in [1.165, 1.54) is 0 Å². The van der Waals surface area contributed by atoms with E-state index in [1.54, 1.807) is 7.11 Å². The van der Waals surface area contributed by atoms with Crippen molar-refractivity contribution in [3.8, 4) is 5.75 Å². The largest absolute Gasteiger partial charge is 0.496 e. The first-order valence-corrected chi connectivity index (χ1v) is 7.14. The molecule has 100 valence electrons. The van der Waals surface area contributed by atoms with Gasteiger partial charge >= 0.3 is 0 Å². The highest BCUT2D eigenvalue weighted by Gasteiger charge is 2.04. The molecule has 2 aromatic carbocycles. The quantitative estimate of drug-likeness (QED) is 0.871. The Kier molecular flexibility index (Phi) is 5.25. The number of halogens is 2. The molecular formula is C15H15BrClNO. The van der Waals surface area contributed by atoms with Crippen LogP contribution in [0.5, 0.6) is 5.75 Å². The molecule has 2 rings (SSSR count). The molecule has 0 amide bonds. The van der Waals surface area contributed by atoms with Gasteiger partial charge in [-0.1, -0.05) is 45.7 Å². The molecule has 0 saturated heterocycles. The number of nitrogens with one attached hydrogen (secondary N) is 1. The monoisotopic (exact) mass is 339 g/mol. The number of hydrogen-bond donors (Lipinski definition) is 1. The fourth-order valence-electron chi connectivity index (χ4n) is 1.86. The molecule has 4 heteroatoms. The third kappa shape index (κ3) is 3.96. The van der Waals surface area contributed by atoms with Crippen LogP contribution in [-0.4, -0.2) is 7.11 Å². The van der Waals surface area contributed by atoms with Gasteiger partial charge in [0.1, 0.15) is 5.75 Å². The normalized spacial score (nSPS) is 10.5. The van der Waals surface area contributed by atoms with E-state index in [2.05, 4.69) is 27.3 Å². The predicted molar refractivity (Wildman–Crippen MR) is 82.7 cm³/mol. The lowest BCUT2D eigenvalue weighted by Gasteiger charge is -2.11. The average molecular weight is 341 g/mol. The first-order chi connectivity index (χ1) is 9.20. The second-order valence-electron chi connectivity index (χ2n) is 4.15. The SMILES string of the molecule is COc1ccc(Br)cc1CNCc1ccccc1Cl. The highest BCUT2D eigenvalue weighted by atomic mass is 79.9. The van der Waals surface area contributed by atoms with Crippen molar-refractivity contribution < 1.29 is 4.74 Å². The molecule has 0 radical (unpaired) electrons. The highest BCUT2D eigenvalue weighted by Crippen LogP contribution is 2.23. The van der Waals surface area contributed by atoms with E-state index >= 15 is 0 Å². The summed E-state index contributed by atoms with van der Waals surface area (Å²) in [6, 6.07) is 13.8. The van der Waals surface area contributed by atoms with Crippen LogP contribution >= 0.6 is 27.5 Å². The maximum absolute atomic E-state index is 6.12.